The standard InChI is InChI=1S/2C18H22OS.C15H22O/c2*1-13-10-15(19)11-14-8-9-17(12-18(13,14)2)20-16-6-4-3-5-7-16;1-10(2)12-5-6-13-8-14(16)7-11(3)15(13,4)9-12/h2*3-7,11,13,17H,8-10,12H2,1-2H3;8,11-12H,1,5-7,9H2,2-4H3/t13-,17+,18+;13-,17-,18+;11-,12-,15+/m111/s1. The van der Waals surface area contributed by atoms with Gasteiger partial charge in [-0.25, -0.2) is 0 Å². The predicted octanol–water partition coefficient (Wildman–Crippen LogP) is 13.6. The Hall–Kier alpha value is -2.89. The molecule has 3 fully saturated rings. The summed E-state index contributed by atoms with van der Waals surface area (Å²) in [7, 11) is 0. The molecule has 0 unspecified atom stereocenters. The Balaban J connectivity index is 0.000000144. The zero-order valence-corrected chi connectivity index (χ0v) is 36.8. The summed E-state index contributed by atoms with van der Waals surface area (Å²) in [5.41, 5.74) is 6.24. The summed E-state index contributed by atoms with van der Waals surface area (Å²) in [6, 6.07) is 21.4. The monoisotopic (exact) mass is 790 g/mol. The van der Waals surface area contributed by atoms with Gasteiger partial charge < -0.3 is 0 Å². The minimum absolute atomic E-state index is 0.235. The lowest BCUT2D eigenvalue weighted by atomic mass is 9.57. The molecular formula is C51H66O3S2. The average molecular weight is 791 g/mol. The summed E-state index contributed by atoms with van der Waals surface area (Å²) in [6.45, 7) is 20.0. The topological polar surface area (TPSA) is 51.2 Å². The molecule has 56 heavy (non-hydrogen) atoms. The first-order chi connectivity index (χ1) is 26.6. The summed E-state index contributed by atoms with van der Waals surface area (Å²) >= 11 is 4.02. The van der Waals surface area contributed by atoms with Gasteiger partial charge in [0, 0.05) is 39.6 Å². The third-order valence-electron chi connectivity index (χ3n) is 15.0. The SMILES string of the molecule is C=C(C)[C@@H]1CCC2=CC(=O)C[C@@H](C)[C@]2(C)C1.C[C@@H]1CC(=O)C=C2CC[C@@H](Sc3ccccc3)C[C@]21C.C[C@@H]1CC(=O)C=C2CC[C@H](Sc3ccccc3)C[C@]21C. The van der Waals surface area contributed by atoms with Crippen molar-refractivity contribution < 1.29 is 14.4 Å². The van der Waals surface area contributed by atoms with Gasteiger partial charge in [0.05, 0.1) is 0 Å². The Kier molecular flexibility index (Phi) is 13.7. The van der Waals surface area contributed by atoms with E-state index in [2.05, 4.69) is 116 Å². The molecule has 0 amide bonds. The quantitative estimate of drug-likeness (QED) is 0.282. The van der Waals surface area contributed by atoms with E-state index >= 15 is 0 Å². The minimum Gasteiger partial charge on any atom is -0.295 e. The third kappa shape index (κ3) is 9.69. The fourth-order valence-electron chi connectivity index (χ4n) is 10.6. The highest BCUT2D eigenvalue weighted by molar-refractivity contribution is 8.00. The lowest BCUT2D eigenvalue weighted by Crippen LogP contribution is -2.39. The molecule has 0 radical (unpaired) electrons. The van der Waals surface area contributed by atoms with Crippen molar-refractivity contribution in [3.63, 3.8) is 0 Å². The van der Waals surface area contributed by atoms with Gasteiger partial charge in [0.15, 0.2) is 17.3 Å². The van der Waals surface area contributed by atoms with Crippen LogP contribution in [-0.2, 0) is 14.4 Å². The van der Waals surface area contributed by atoms with Gasteiger partial charge >= 0.3 is 0 Å². The zero-order chi connectivity index (χ0) is 40.3. The molecule has 6 aliphatic carbocycles. The van der Waals surface area contributed by atoms with Crippen LogP contribution in [0.1, 0.15) is 126 Å². The lowest BCUT2D eigenvalue weighted by Gasteiger charge is -2.47. The molecule has 0 saturated heterocycles. The number of ketones is 3. The van der Waals surface area contributed by atoms with Crippen molar-refractivity contribution in [3.05, 3.63) is 108 Å². The highest BCUT2D eigenvalue weighted by Crippen LogP contribution is 2.55. The number of rotatable bonds is 5. The largest absolute Gasteiger partial charge is 0.295 e. The molecular weight excluding hydrogens is 725 g/mol. The van der Waals surface area contributed by atoms with Crippen LogP contribution in [0.15, 0.2) is 118 Å². The number of fused-ring (bicyclic) bond motifs is 3. The Morgan fingerprint density at radius 1 is 0.554 bits per heavy atom. The molecule has 3 saturated carbocycles. The van der Waals surface area contributed by atoms with Crippen LogP contribution in [0.5, 0.6) is 0 Å². The van der Waals surface area contributed by atoms with Crippen LogP contribution in [0.25, 0.3) is 0 Å². The highest BCUT2D eigenvalue weighted by atomic mass is 32.2. The molecule has 6 aliphatic rings. The number of carbonyl (C=O) groups excluding carboxylic acids is 3. The molecule has 0 N–H and O–H groups in total. The molecule has 8 rings (SSSR count). The van der Waals surface area contributed by atoms with Crippen LogP contribution in [-0.4, -0.2) is 27.8 Å². The summed E-state index contributed by atoms with van der Waals surface area (Å²) in [4.78, 5) is 37.9. The number of hydrogen-bond acceptors (Lipinski definition) is 5. The molecule has 9 atom stereocenters. The van der Waals surface area contributed by atoms with Gasteiger partial charge in [-0.05, 0) is 147 Å². The van der Waals surface area contributed by atoms with E-state index in [4.69, 9.17) is 0 Å². The maximum atomic E-state index is 11.8. The van der Waals surface area contributed by atoms with Crippen LogP contribution in [0.3, 0.4) is 0 Å². The van der Waals surface area contributed by atoms with Crippen molar-refractivity contribution in [3.8, 4) is 0 Å². The van der Waals surface area contributed by atoms with Crippen LogP contribution < -0.4 is 0 Å². The van der Waals surface area contributed by atoms with E-state index in [0.717, 1.165) is 38.5 Å². The summed E-state index contributed by atoms with van der Waals surface area (Å²) in [5.74, 6) is 3.09. The Morgan fingerprint density at radius 2 is 0.893 bits per heavy atom. The van der Waals surface area contributed by atoms with Crippen LogP contribution in [0, 0.1) is 39.9 Å². The molecule has 0 aromatic heterocycles. The first-order valence-corrected chi connectivity index (χ1v) is 23.2. The molecule has 5 heteroatoms. The number of allylic oxidation sites excluding steroid dienone is 7. The molecule has 3 nitrogen and oxygen atoms in total. The second-order valence-corrected chi connectivity index (χ2v) is 21.6. The summed E-state index contributed by atoms with van der Waals surface area (Å²) < 4.78 is 0. The van der Waals surface area contributed by atoms with Gasteiger partial charge in [0.25, 0.3) is 0 Å². The van der Waals surface area contributed by atoms with Gasteiger partial charge in [0.2, 0.25) is 0 Å². The van der Waals surface area contributed by atoms with Crippen molar-refractivity contribution in [2.45, 2.75) is 146 Å². The lowest BCUT2D eigenvalue weighted by molar-refractivity contribution is -0.118. The maximum absolute atomic E-state index is 11.8. The van der Waals surface area contributed by atoms with Crippen molar-refractivity contribution in [2.75, 3.05) is 0 Å². The van der Waals surface area contributed by atoms with E-state index in [1.807, 2.05) is 41.8 Å². The number of hydrogen-bond donors (Lipinski definition) is 0. The van der Waals surface area contributed by atoms with Gasteiger partial charge in [-0.2, -0.15) is 0 Å². The van der Waals surface area contributed by atoms with Crippen LogP contribution in [0.2, 0.25) is 0 Å². The van der Waals surface area contributed by atoms with Crippen molar-refractivity contribution >= 4 is 40.9 Å². The average Bonchev–Trinajstić information content (AvgIpc) is 3.15. The van der Waals surface area contributed by atoms with E-state index in [9.17, 15) is 14.4 Å². The summed E-state index contributed by atoms with van der Waals surface area (Å²) in [6.07, 6.45) is 18.4. The second kappa shape index (κ2) is 17.9. The molecule has 0 aliphatic heterocycles. The smallest absolute Gasteiger partial charge is 0.155 e. The van der Waals surface area contributed by atoms with Crippen molar-refractivity contribution in [2.24, 2.45) is 39.9 Å². The van der Waals surface area contributed by atoms with Crippen LogP contribution in [0.4, 0.5) is 0 Å². The first kappa shape index (κ1) is 42.7. The molecule has 0 bridgehead atoms. The van der Waals surface area contributed by atoms with Gasteiger partial charge in [0.1, 0.15) is 0 Å². The van der Waals surface area contributed by atoms with E-state index in [1.165, 1.54) is 70.6 Å². The van der Waals surface area contributed by atoms with E-state index in [0.29, 0.717) is 51.5 Å². The maximum Gasteiger partial charge on any atom is 0.155 e. The molecule has 0 heterocycles. The Morgan fingerprint density at radius 3 is 1.25 bits per heavy atom. The molecule has 2 aromatic rings. The van der Waals surface area contributed by atoms with Crippen molar-refractivity contribution in [1.82, 2.24) is 0 Å². The normalized spacial score (nSPS) is 35.1. The first-order valence-electron chi connectivity index (χ1n) is 21.4. The fourth-order valence-corrected chi connectivity index (χ4v) is 13.3. The van der Waals surface area contributed by atoms with Gasteiger partial charge in [-0.1, -0.05) is 107 Å². The second-order valence-electron chi connectivity index (χ2n) is 18.9. The van der Waals surface area contributed by atoms with Gasteiger partial charge in [-0.15, -0.1) is 23.5 Å². The highest BCUT2D eigenvalue weighted by Gasteiger charge is 2.46. The number of carbonyl (C=O) groups is 3. The number of benzene rings is 2. The Labute approximate surface area is 347 Å². The number of thioether (sulfide) groups is 2. The Bertz CT molecular complexity index is 1760. The van der Waals surface area contributed by atoms with Crippen molar-refractivity contribution in [1.29, 1.82) is 0 Å². The molecule has 2 aromatic carbocycles. The van der Waals surface area contributed by atoms with E-state index in [1.54, 1.807) is 0 Å². The van der Waals surface area contributed by atoms with E-state index < -0.39 is 0 Å². The molecule has 0 spiro atoms. The zero-order valence-electron chi connectivity index (χ0n) is 35.2. The van der Waals surface area contributed by atoms with E-state index in [-0.39, 0.29) is 16.2 Å². The third-order valence-corrected chi connectivity index (χ3v) is 17.5. The summed E-state index contributed by atoms with van der Waals surface area (Å²) in [5, 5.41) is 1.35. The molecule has 300 valence electrons. The predicted molar refractivity (Wildman–Crippen MR) is 237 cm³/mol. The van der Waals surface area contributed by atoms with Gasteiger partial charge in [-0.3, -0.25) is 14.4 Å². The minimum atomic E-state index is 0.235. The fraction of sp³-hybridized carbons (Fsp3) is 0.549. The van der Waals surface area contributed by atoms with Crippen LogP contribution >= 0.6 is 23.5 Å².